The summed E-state index contributed by atoms with van der Waals surface area (Å²) in [5, 5.41) is 4.65. The molecule has 0 unspecified atom stereocenters. The molecule has 0 aromatic heterocycles. The van der Waals surface area contributed by atoms with Crippen LogP contribution < -0.4 is 10.2 Å². The Labute approximate surface area is 138 Å². The minimum atomic E-state index is -0.399. The van der Waals surface area contributed by atoms with Crippen molar-refractivity contribution in [2.24, 2.45) is 5.10 Å². The van der Waals surface area contributed by atoms with Crippen molar-refractivity contribution >= 4 is 35.3 Å². The van der Waals surface area contributed by atoms with Crippen LogP contribution >= 0.6 is 23.2 Å². The fraction of sp³-hybridized carbons (Fsp3) is 0.125. The molecule has 0 radical (unpaired) electrons. The van der Waals surface area contributed by atoms with Crippen molar-refractivity contribution in [1.29, 1.82) is 0 Å². The van der Waals surface area contributed by atoms with Crippen molar-refractivity contribution in [3.05, 3.63) is 63.6 Å². The maximum atomic E-state index is 11.9. The summed E-state index contributed by atoms with van der Waals surface area (Å²) in [4.78, 5) is 11.9. The minimum Gasteiger partial charge on any atom is -0.494 e. The van der Waals surface area contributed by atoms with Gasteiger partial charge in [0.1, 0.15) is 5.75 Å². The van der Waals surface area contributed by atoms with Gasteiger partial charge >= 0.3 is 0 Å². The Bertz CT molecular complexity index is 685. The van der Waals surface area contributed by atoms with Crippen LogP contribution in [0.3, 0.4) is 0 Å². The van der Waals surface area contributed by atoms with Crippen LogP contribution in [-0.2, 0) is 0 Å². The van der Waals surface area contributed by atoms with Crippen molar-refractivity contribution in [3.63, 3.8) is 0 Å². The van der Waals surface area contributed by atoms with Crippen molar-refractivity contribution in [2.45, 2.75) is 6.92 Å². The van der Waals surface area contributed by atoms with Gasteiger partial charge in [0.05, 0.1) is 23.4 Å². The monoisotopic (exact) mass is 336 g/mol. The second-order valence-electron chi connectivity index (χ2n) is 4.33. The lowest BCUT2D eigenvalue weighted by atomic mass is 10.2. The Morgan fingerprint density at radius 2 is 1.95 bits per heavy atom. The predicted octanol–water partition coefficient (Wildman–Crippen LogP) is 4.16. The van der Waals surface area contributed by atoms with E-state index in [1.165, 1.54) is 12.3 Å². The van der Waals surface area contributed by atoms with Crippen LogP contribution in [0.5, 0.6) is 5.75 Å². The normalized spacial score (nSPS) is 10.7. The summed E-state index contributed by atoms with van der Waals surface area (Å²) < 4.78 is 5.34. The van der Waals surface area contributed by atoms with Gasteiger partial charge in [0, 0.05) is 5.02 Å². The van der Waals surface area contributed by atoms with E-state index in [0.717, 1.165) is 11.3 Å². The number of hydrazone groups is 1. The maximum absolute atomic E-state index is 11.9. The Hall–Kier alpha value is -2.04. The Morgan fingerprint density at radius 3 is 2.59 bits per heavy atom. The molecule has 0 spiro atoms. The van der Waals surface area contributed by atoms with E-state index in [2.05, 4.69) is 10.5 Å². The highest BCUT2D eigenvalue weighted by Crippen LogP contribution is 2.20. The van der Waals surface area contributed by atoms with Gasteiger partial charge in [0.25, 0.3) is 5.91 Å². The van der Waals surface area contributed by atoms with Gasteiger partial charge in [0.2, 0.25) is 0 Å². The van der Waals surface area contributed by atoms with E-state index in [1.807, 2.05) is 31.2 Å². The number of halogens is 2. The van der Waals surface area contributed by atoms with Crippen LogP contribution in [0, 0.1) is 0 Å². The molecular formula is C16H14Cl2N2O2. The first-order valence-corrected chi connectivity index (χ1v) is 7.37. The van der Waals surface area contributed by atoms with Crippen LogP contribution in [0.1, 0.15) is 22.8 Å². The number of nitrogens with zero attached hydrogens (tertiary/aromatic N) is 1. The summed E-state index contributed by atoms with van der Waals surface area (Å²) >= 11 is 11.7. The third kappa shape index (κ3) is 4.48. The third-order valence-corrected chi connectivity index (χ3v) is 3.29. The quantitative estimate of drug-likeness (QED) is 0.658. The number of benzene rings is 2. The molecule has 0 aliphatic rings. The first-order valence-electron chi connectivity index (χ1n) is 6.61. The molecule has 1 amide bonds. The van der Waals surface area contributed by atoms with E-state index in [0.29, 0.717) is 17.2 Å². The molecule has 2 rings (SSSR count). The molecule has 114 valence electrons. The predicted molar refractivity (Wildman–Crippen MR) is 89.1 cm³/mol. The highest BCUT2D eigenvalue weighted by Gasteiger charge is 2.09. The third-order valence-electron chi connectivity index (χ3n) is 2.75. The fourth-order valence-corrected chi connectivity index (χ4v) is 2.21. The number of nitrogens with one attached hydrogen (secondary N) is 1. The lowest BCUT2D eigenvalue weighted by Gasteiger charge is -2.03. The molecule has 2 aromatic carbocycles. The lowest BCUT2D eigenvalue weighted by molar-refractivity contribution is 0.0955. The lowest BCUT2D eigenvalue weighted by Crippen LogP contribution is -2.18. The highest BCUT2D eigenvalue weighted by molar-refractivity contribution is 6.36. The van der Waals surface area contributed by atoms with Crippen molar-refractivity contribution in [2.75, 3.05) is 6.61 Å². The Morgan fingerprint density at radius 1 is 1.23 bits per heavy atom. The van der Waals surface area contributed by atoms with Gasteiger partial charge < -0.3 is 4.74 Å². The molecule has 6 heteroatoms. The van der Waals surface area contributed by atoms with Gasteiger partial charge in [-0.15, -0.1) is 0 Å². The SMILES string of the molecule is CCOc1ccc(/C=N\NC(=O)c2ccc(Cl)cc2Cl)cc1. The molecule has 2 aromatic rings. The second-order valence-corrected chi connectivity index (χ2v) is 5.17. The smallest absolute Gasteiger partial charge is 0.272 e. The van der Waals surface area contributed by atoms with Gasteiger partial charge in [-0.25, -0.2) is 5.43 Å². The van der Waals surface area contributed by atoms with E-state index >= 15 is 0 Å². The zero-order valence-electron chi connectivity index (χ0n) is 11.8. The van der Waals surface area contributed by atoms with Crippen LogP contribution in [0.2, 0.25) is 10.0 Å². The Balaban J connectivity index is 1.98. The molecular weight excluding hydrogens is 323 g/mol. The molecule has 0 aliphatic heterocycles. The summed E-state index contributed by atoms with van der Waals surface area (Å²) in [6, 6.07) is 12.0. The molecule has 0 atom stereocenters. The summed E-state index contributed by atoms with van der Waals surface area (Å²) in [5.41, 5.74) is 3.57. The number of hydrogen-bond acceptors (Lipinski definition) is 3. The van der Waals surface area contributed by atoms with Crippen LogP contribution in [0.4, 0.5) is 0 Å². The fourth-order valence-electron chi connectivity index (χ4n) is 1.72. The zero-order chi connectivity index (χ0) is 15.9. The van der Waals surface area contributed by atoms with Gasteiger partial charge in [-0.3, -0.25) is 4.79 Å². The minimum absolute atomic E-state index is 0.279. The molecule has 0 fully saturated rings. The topological polar surface area (TPSA) is 50.7 Å². The molecule has 22 heavy (non-hydrogen) atoms. The van der Waals surface area contributed by atoms with Crippen LogP contribution in [-0.4, -0.2) is 18.7 Å². The van der Waals surface area contributed by atoms with Gasteiger partial charge in [0.15, 0.2) is 0 Å². The van der Waals surface area contributed by atoms with Crippen LogP contribution in [0.15, 0.2) is 47.6 Å². The summed E-state index contributed by atoms with van der Waals surface area (Å²) in [6.45, 7) is 2.54. The van der Waals surface area contributed by atoms with E-state index < -0.39 is 5.91 Å². The summed E-state index contributed by atoms with van der Waals surface area (Å²) in [5.74, 6) is 0.389. The number of ether oxygens (including phenoxy) is 1. The van der Waals surface area contributed by atoms with E-state index in [-0.39, 0.29) is 5.02 Å². The zero-order valence-corrected chi connectivity index (χ0v) is 13.4. The van der Waals surface area contributed by atoms with E-state index in [9.17, 15) is 4.79 Å². The van der Waals surface area contributed by atoms with Crippen molar-refractivity contribution in [3.8, 4) is 5.75 Å². The largest absolute Gasteiger partial charge is 0.494 e. The number of carbonyl (C=O) groups is 1. The standard InChI is InChI=1S/C16H14Cl2N2O2/c1-2-22-13-6-3-11(4-7-13)10-19-20-16(21)14-8-5-12(17)9-15(14)18/h3-10H,2H2,1H3,(H,20,21)/b19-10-. The number of carbonyl (C=O) groups excluding carboxylic acids is 1. The maximum Gasteiger partial charge on any atom is 0.272 e. The second kappa shape index (κ2) is 7.82. The number of hydrogen-bond donors (Lipinski definition) is 1. The molecule has 1 N–H and O–H groups in total. The Kier molecular flexibility index (Phi) is 5.81. The van der Waals surface area contributed by atoms with E-state index in [4.69, 9.17) is 27.9 Å². The average Bonchev–Trinajstić information content (AvgIpc) is 2.49. The van der Waals surface area contributed by atoms with Gasteiger partial charge in [-0.05, 0) is 55.0 Å². The van der Waals surface area contributed by atoms with Gasteiger partial charge in [-0.2, -0.15) is 5.10 Å². The first kappa shape index (κ1) is 16.3. The van der Waals surface area contributed by atoms with E-state index in [1.54, 1.807) is 12.1 Å². The molecule has 0 aliphatic carbocycles. The molecule has 0 heterocycles. The van der Waals surface area contributed by atoms with Crippen molar-refractivity contribution < 1.29 is 9.53 Å². The molecule has 0 saturated heterocycles. The van der Waals surface area contributed by atoms with Crippen LogP contribution in [0.25, 0.3) is 0 Å². The van der Waals surface area contributed by atoms with Gasteiger partial charge in [-0.1, -0.05) is 23.2 Å². The summed E-state index contributed by atoms with van der Waals surface area (Å²) in [6.07, 6.45) is 1.54. The average molecular weight is 337 g/mol. The highest BCUT2D eigenvalue weighted by atomic mass is 35.5. The molecule has 0 saturated carbocycles. The van der Waals surface area contributed by atoms with Crippen molar-refractivity contribution in [1.82, 2.24) is 5.43 Å². The first-order chi connectivity index (χ1) is 10.6. The number of amides is 1. The summed E-state index contributed by atoms with van der Waals surface area (Å²) in [7, 11) is 0. The number of rotatable bonds is 5. The molecule has 4 nitrogen and oxygen atoms in total. The molecule has 0 bridgehead atoms.